The highest BCUT2D eigenvalue weighted by molar-refractivity contribution is 5.85. The van der Waals surface area contributed by atoms with Crippen LogP contribution in [0.4, 0.5) is 0 Å². The van der Waals surface area contributed by atoms with Crippen LogP contribution in [0.2, 0.25) is 0 Å². The molecule has 0 bridgehead atoms. The van der Waals surface area contributed by atoms with Crippen molar-refractivity contribution in [2.75, 3.05) is 20.1 Å². The Labute approximate surface area is 122 Å². The van der Waals surface area contributed by atoms with Gasteiger partial charge in [-0.05, 0) is 31.2 Å². The molecular formula is C15H27ClN2O. The quantitative estimate of drug-likeness (QED) is 0.864. The average Bonchev–Trinajstić information content (AvgIpc) is 3.03. The molecule has 3 rings (SSSR count). The van der Waals surface area contributed by atoms with Crippen molar-refractivity contribution in [2.24, 2.45) is 17.8 Å². The highest BCUT2D eigenvalue weighted by Gasteiger charge is 2.49. The largest absolute Gasteiger partial charge is 0.341 e. The van der Waals surface area contributed by atoms with E-state index in [9.17, 15) is 4.79 Å². The SMILES string of the molecule is CN(C(=O)C1CC1C1CCCCC1)C1CCNC1.Cl. The van der Waals surface area contributed by atoms with Crippen LogP contribution in [0.5, 0.6) is 0 Å². The fourth-order valence-corrected chi connectivity index (χ4v) is 3.99. The molecule has 1 N–H and O–H groups in total. The standard InChI is InChI=1S/C15H26N2O.ClH/c1-17(12-7-8-16-10-12)15(18)14-9-13(14)11-5-3-2-4-6-11;/h11-14,16H,2-10H2,1H3;1H. The summed E-state index contributed by atoms with van der Waals surface area (Å²) in [5.41, 5.74) is 0. The van der Waals surface area contributed by atoms with Crippen molar-refractivity contribution >= 4 is 18.3 Å². The molecule has 0 aromatic heterocycles. The third-order valence-electron chi connectivity index (χ3n) is 5.34. The van der Waals surface area contributed by atoms with E-state index in [0.717, 1.165) is 31.3 Å². The molecule has 3 unspecified atom stereocenters. The first-order valence-corrected chi connectivity index (χ1v) is 7.75. The molecule has 3 atom stereocenters. The molecule has 3 fully saturated rings. The zero-order valence-electron chi connectivity index (χ0n) is 11.9. The Hall–Kier alpha value is -0.280. The first kappa shape index (κ1) is 15.1. The van der Waals surface area contributed by atoms with Crippen LogP contribution in [0.25, 0.3) is 0 Å². The van der Waals surface area contributed by atoms with Gasteiger partial charge in [-0.3, -0.25) is 4.79 Å². The maximum atomic E-state index is 12.4. The van der Waals surface area contributed by atoms with Gasteiger partial charge < -0.3 is 10.2 Å². The van der Waals surface area contributed by atoms with Crippen LogP contribution < -0.4 is 5.32 Å². The Balaban J connectivity index is 0.00000133. The van der Waals surface area contributed by atoms with E-state index in [1.54, 1.807) is 0 Å². The van der Waals surface area contributed by atoms with Crippen LogP contribution in [-0.4, -0.2) is 37.0 Å². The van der Waals surface area contributed by atoms with E-state index in [2.05, 4.69) is 5.32 Å². The molecule has 1 heterocycles. The van der Waals surface area contributed by atoms with Crippen LogP contribution in [0, 0.1) is 17.8 Å². The number of nitrogens with zero attached hydrogens (tertiary/aromatic N) is 1. The predicted molar refractivity (Wildman–Crippen MR) is 79.5 cm³/mol. The first-order chi connectivity index (χ1) is 8.77. The van der Waals surface area contributed by atoms with Crippen molar-refractivity contribution < 1.29 is 4.79 Å². The van der Waals surface area contributed by atoms with Gasteiger partial charge in [0.15, 0.2) is 0 Å². The lowest BCUT2D eigenvalue weighted by molar-refractivity contribution is -0.133. The maximum Gasteiger partial charge on any atom is 0.226 e. The van der Waals surface area contributed by atoms with Crippen LogP contribution in [0.1, 0.15) is 44.9 Å². The number of rotatable bonds is 3. The number of likely N-dealkylation sites (N-methyl/N-ethyl adjacent to an activating group) is 1. The minimum Gasteiger partial charge on any atom is -0.341 e. The summed E-state index contributed by atoms with van der Waals surface area (Å²) in [5.74, 6) is 2.40. The molecule has 19 heavy (non-hydrogen) atoms. The van der Waals surface area contributed by atoms with Crippen molar-refractivity contribution in [3.63, 3.8) is 0 Å². The van der Waals surface area contributed by atoms with E-state index in [4.69, 9.17) is 0 Å². The van der Waals surface area contributed by atoms with Gasteiger partial charge in [-0.15, -0.1) is 12.4 Å². The van der Waals surface area contributed by atoms with Gasteiger partial charge >= 0.3 is 0 Å². The van der Waals surface area contributed by atoms with Crippen molar-refractivity contribution in [1.82, 2.24) is 10.2 Å². The van der Waals surface area contributed by atoms with E-state index in [1.807, 2.05) is 11.9 Å². The lowest BCUT2D eigenvalue weighted by atomic mass is 9.85. The van der Waals surface area contributed by atoms with Crippen LogP contribution >= 0.6 is 12.4 Å². The summed E-state index contributed by atoms with van der Waals surface area (Å²) < 4.78 is 0. The minimum atomic E-state index is 0. The predicted octanol–water partition coefficient (Wildman–Crippen LogP) is 2.44. The van der Waals surface area contributed by atoms with Crippen LogP contribution in [0.3, 0.4) is 0 Å². The first-order valence-electron chi connectivity index (χ1n) is 7.75. The van der Waals surface area contributed by atoms with Crippen molar-refractivity contribution in [1.29, 1.82) is 0 Å². The molecular weight excluding hydrogens is 260 g/mol. The van der Waals surface area contributed by atoms with Crippen molar-refractivity contribution in [3.05, 3.63) is 0 Å². The molecule has 0 spiro atoms. The summed E-state index contributed by atoms with van der Waals surface area (Å²) in [7, 11) is 2.01. The van der Waals surface area contributed by atoms with E-state index < -0.39 is 0 Å². The third kappa shape index (κ3) is 3.25. The van der Waals surface area contributed by atoms with Gasteiger partial charge in [-0.2, -0.15) is 0 Å². The third-order valence-corrected chi connectivity index (χ3v) is 5.34. The number of halogens is 1. The van der Waals surface area contributed by atoms with Gasteiger partial charge in [0.1, 0.15) is 0 Å². The topological polar surface area (TPSA) is 32.3 Å². The molecule has 4 heteroatoms. The van der Waals surface area contributed by atoms with Crippen LogP contribution in [0.15, 0.2) is 0 Å². The number of hydrogen-bond donors (Lipinski definition) is 1. The second kappa shape index (κ2) is 6.45. The molecule has 110 valence electrons. The summed E-state index contributed by atoms with van der Waals surface area (Å²) >= 11 is 0. The van der Waals surface area contributed by atoms with Gasteiger partial charge in [0.05, 0.1) is 0 Å². The highest BCUT2D eigenvalue weighted by atomic mass is 35.5. The van der Waals surface area contributed by atoms with Crippen molar-refractivity contribution in [3.8, 4) is 0 Å². The van der Waals surface area contributed by atoms with Gasteiger partial charge in [-0.25, -0.2) is 0 Å². The normalized spacial score (nSPS) is 34.7. The van der Waals surface area contributed by atoms with Gasteiger partial charge in [-0.1, -0.05) is 32.1 Å². The monoisotopic (exact) mass is 286 g/mol. The highest BCUT2D eigenvalue weighted by Crippen LogP contribution is 2.50. The number of carbonyl (C=O) groups excluding carboxylic acids is 1. The summed E-state index contributed by atoms with van der Waals surface area (Å²) in [6.45, 7) is 2.06. The number of amides is 1. The molecule has 2 saturated carbocycles. The minimum absolute atomic E-state index is 0. The van der Waals surface area contributed by atoms with E-state index in [0.29, 0.717) is 17.9 Å². The number of carbonyl (C=O) groups is 1. The molecule has 3 nitrogen and oxygen atoms in total. The lowest BCUT2D eigenvalue weighted by Gasteiger charge is -2.25. The summed E-state index contributed by atoms with van der Waals surface area (Å²) in [6.07, 6.45) is 9.26. The second-order valence-electron chi connectivity index (χ2n) is 6.50. The van der Waals surface area contributed by atoms with E-state index >= 15 is 0 Å². The molecule has 1 saturated heterocycles. The Morgan fingerprint density at radius 3 is 2.53 bits per heavy atom. The molecule has 0 aromatic rings. The average molecular weight is 287 g/mol. The van der Waals surface area contributed by atoms with Gasteiger partial charge in [0, 0.05) is 25.6 Å². The van der Waals surface area contributed by atoms with E-state index in [1.165, 1.54) is 38.5 Å². The Morgan fingerprint density at radius 1 is 1.16 bits per heavy atom. The van der Waals surface area contributed by atoms with Gasteiger partial charge in [0.25, 0.3) is 0 Å². The maximum absolute atomic E-state index is 12.4. The number of hydrogen-bond acceptors (Lipinski definition) is 2. The summed E-state index contributed by atoms with van der Waals surface area (Å²) in [4.78, 5) is 14.5. The molecule has 1 amide bonds. The molecule has 2 aliphatic carbocycles. The smallest absolute Gasteiger partial charge is 0.226 e. The summed E-state index contributed by atoms with van der Waals surface area (Å²) in [6, 6.07) is 0.449. The Morgan fingerprint density at radius 2 is 1.89 bits per heavy atom. The molecule has 3 aliphatic rings. The zero-order valence-corrected chi connectivity index (χ0v) is 12.8. The Kier molecular flexibility index (Phi) is 5.13. The summed E-state index contributed by atoms with van der Waals surface area (Å²) in [5, 5.41) is 3.35. The van der Waals surface area contributed by atoms with Crippen LogP contribution in [-0.2, 0) is 4.79 Å². The fraction of sp³-hybridized carbons (Fsp3) is 0.933. The molecule has 0 aromatic carbocycles. The second-order valence-corrected chi connectivity index (χ2v) is 6.50. The van der Waals surface area contributed by atoms with Crippen molar-refractivity contribution in [2.45, 2.75) is 51.0 Å². The molecule has 0 radical (unpaired) electrons. The fourth-order valence-electron chi connectivity index (χ4n) is 3.99. The number of nitrogens with one attached hydrogen (secondary N) is 1. The Bertz CT molecular complexity index is 311. The van der Waals surface area contributed by atoms with Gasteiger partial charge in [0.2, 0.25) is 5.91 Å². The van der Waals surface area contributed by atoms with E-state index in [-0.39, 0.29) is 12.4 Å². The lowest BCUT2D eigenvalue weighted by Crippen LogP contribution is -2.39. The molecule has 1 aliphatic heterocycles. The zero-order chi connectivity index (χ0) is 12.5.